The van der Waals surface area contributed by atoms with Gasteiger partial charge in [-0.05, 0) is 37.8 Å². The van der Waals surface area contributed by atoms with Crippen LogP contribution in [0.5, 0.6) is 0 Å². The van der Waals surface area contributed by atoms with Crippen LogP contribution in [0.1, 0.15) is 40.9 Å². The van der Waals surface area contributed by atoms with Crippen molar-refractivity contribution < 1.29 is 9.53 Å². The van der Waals surface area contributed by atoms with Crippen molar-refractivity contribution in [2.45, 2.75) is 34.6 Å². The summed E-state index contributed by atoms with van der Waals surface area (Å²) in [5.41, 5.74) is 4.10. The molecule has 0 atom stereocenters. The summed E-state index contributed by atoms with van der Waals surface area (Å²) in [6, 6.07) is 4.09. The van der Waals surface area contributed by atoms with Gasteiger partial charge in [0.1, 0.15) is 6.61 Å². The second-order valence-corrected chi connectivity index (χ2v) is 5.11. The fourth-order valence-corrected chi connectivity index (χ4v) is 2.08. The van der Waals surface area contributed by atoms with Crippen molar-refractivity contribution in [2.24, 2.45) is 5.92 Å². The lowest BCUT2D eigenvalue weighted by atomic mass is 9.97. The van der Waals surface area contributed by atoms with Gasteiger partial charge in [0.05, 0.1) is 0 Å². The summed E-state index contributed by atoms with van der Waals surface area (Å²) in [6.07, 6.45) is 0. The molecule has 0 amide bonds. The number of carbonyl (C=O) groups is 1. The maximum Gasteiger partial charge on any atom is 0.188 e. The predicted octanol–water partition coefficient (Wildman–Crippen LogP) is 3.47. The van der Waals surface area contributed by atoms with Crippen LogP contribution in [-0.2, 0) is 4.74 Å². The molecule has 17 heavy (non-hydrogen) atoms. The maximum absolute atomic E-state index is 12.1. The molecular weight excluding hydrogens is 212 g/mol. The zero-order valence-corrected chi connectivity index (χ0v) is 11.5. The van der Waals surface area contributed by atoms with Gasteiger partial charge in [0.2, 0.25) is 0 Å². The Morgan fingerprint density at radius 3 is 2.18 bits per heavy atom. The molecule has 0 aliphatic rings. The number of aryl methyl sites for hydroxylation is 3. The molecule has 0 saturated heterocycles. The summed E-state index contributed by atoms with van der Waals surface area (Å²) in [5, 5.41) is 0. The first-order chi connectivity index (χ1) is 7.91. The van der Waals surface area contributed by atoms with Crippen LogP contribution >= 0.6 is 0 Å². The molecule has 2 nitrogen and oxygen atoms in total. The molecule has 1 aromatic carbocycles. The monoisotopic (exact) mass is 234 g/mol. The highest BCUT2D eigenvalue weighted by atomic mass is 16.5. The van der Waals surface area contributed by atoms with E-state index in [1.807, 2.05) is 32.9 Å². The number of ether oxygens (including phenoxy) is 1. The molecule has 0 spiro atoms. The van der Waals surface area contributed by atoms with Crippen LogP contribution in [0.15, 0.2) is 12.1 Å². The van der Waals surface area contributed by atoms with E-state index in [1.54, 1.807) is 0 Å². The van der Waals surface area contributed by atoms with Crippen molar-refractivity contribution in [1.29, 1.82) is 0 Å². The molecule has 0 aliphatic heterocycles. The molecule has 1 aromatic rings. The number of rotatable bonds is 5. The van der Waals surface area contributed by atoms with Gasteiger partial charge in [0, 0.05) is 12.2 Å². The topological polar surface area (TPSA) is 26.3 Å². The molecule has 2 heteroatoms. The Labute approximate surface area is 104 Å². The van der Waals surface area contributed by atoms with Crippen molar-refractivity contribution in [3.63, 3.8) is 0 Å². The minimum atomic E-state index is 0.0839. The molecule has 0 bridgehead atoms. The van der Waals surface area contributed by atoms with E-state index in [2.05, 4.69) is 13.8 Å². The molecule has 0 aromatic heterocycles. The Kier molecular flexibility index (Phi) is 4.88. The first-order valence-electron chi connectivity index (χ1n) is 6.10. The van der Waals surface area contributed by atoms with Gasteiger partial charge in [0.25, 0.3) is 0 Å². The molecule has 0 saturated carbocycles. The summed E-state index contributed by atoms with van der Waals surface area (Å²) in [5.74, 6) is 0.545. The molecule has 1 rings (SSSR count). The van der Waals surface area contributed by atoms with E-state index in [9.17, 15) is 4.79 Å². The average Bonchev–Trinajstić information content (AvgIpc) is 2.14. The highest BCUT2D eigenvalue weighted by Crippen LogP contribution is 2.17. The second kappa shape index (κ2) is 5.97. The molecule has 0 N–H and O–H groups in total. The summed E-state index contributed by atoms with van der Waals surface area (Å²) in [7, 11) is 0. The summed E-state index contributed by atoms with van der Waals surface area (Å²) < 4.78 is 5.40. The summed E-state index contributed by atoms with van der Waals surface area (Å²) in [4.78, 5) is 12.1. The van der Waals surface area contributed by atoms with Gasteiger partial charge in [-0.3, -0.25) is 4.79 Å². The fourth-order valence-electron chi connectivity index (χ4n) is 2.08. The van der Waals surface area contributed by atoms with E-state index in [0.29, 0.717) is 12.5 Å². The van der Waals surface area contributed by atoms with E-state index in [1.165, 1.54) is 5.56 Å². The van der Waals surface area contributed by atoms with E-state index in [-0.39, 0.29) is 12.4 Å². The second-order valence-electron chi connectivity index (χ2n) is 5.11. The highest BCUT2D eigenvalue weighted by molar-refractivity contribution is 5.99. The van der Waals surface area contributed by atoms with Crippen molar-refractivity contribution in [3.05, 3.63) is 34.4 Å². The van der Waals surface area contributed by atoms with Crippen LogP contribution in [-0.4, -0.2) is 19.0 Å². The smallest absolute Gasteiger partial charge is 0.188 e. The third-order valence-electron chi connectivity index (χ3n) is 2.64. The predicted molar refractivity (Wildman–Crippen MR) is 70.6 cm³/mol. The van der Waals surface area contributed by atoms with E-state index in [0.717, 1.165) is 16.7 Å². The number of ketones is 1. The Morgan fingerprint density at radius 1 is 1.18 bits per heavy atom. The molecule has 0 aliphatic carbocycles. The zero-order chi connectivity index (χ0) is 13.0. The largest absolute Gasteiger partial charge is 0.373 e. The zero-order valence-electron chi connectivity index (χ0n) is 11.5. The van der Waals surface area contributed by atoms with Crippen LogP contribution in [0.25, 0.3) is 0 Å². The molecule has 0 radical (unpaired) electrons. The number of benzene rings is 1. The Bertz CT molecular complexity index is 382. The fraction of sp³-hybridized carbons (Fsp3) is 0.533. The van der Waals surface area contributed by atoms with Crippen LogP contribution in [0.3, 0.4) is 0 Å². The number of carbonyl (C=O) groups excluding carboxylic acids is 1. The number of hydrogen-bond acceptors (Lipinski definition) is 2. The number of Topliss-reactive ketones (excluding diaryl/α,β-unsaturated/α-hetero) is 1. The quantitative estimate of drug-likeness (QED) is 0.729. The van der Waals surface area contributed by atoms with Crippen LogP contribution in [0, 0.1) is 26.7 Å². The van der Waals surface area contributed by atoms with Gasteiger partial charge in [-0.1, -0.05) is 31.5 Å². The van der Waals surface area contributed by atoms with Crippen LogP contribution in [0.4, 0.5) is 0 Å². The Balaban J connectivity index is 2.76. The summed E-state index contributed by atoms with van der Waals surface area (Å²) >= 11 is 0. The van der Waals surface area contributed by atoms with Gasteiger partial charge >= 0.3 is 0 Å². The number of hydrogen-bond donors (Lipinski definition) is 0. The van der Waals surface area contributed by atoms with Crippen LogP contribution in [0.2, 0.25) is 0 Å². The Hall–Kier alpha value is -1.15. The molecule has 0 heterocycles. The van der Waals surface area contributed by atoms with Crippen molar-refractivity contribution in [3.8, 4) is 0 Å². The highest BCUT2D eigenvalue weighted by Gasteiger charge is 2.13. The molecule has 94 valence electrons. The minimum absolute atomic E-state index is 0.0839. The van der Waals surface area contributed by atoms with Crippen molar-refractivity contribution >= 4 is 5.78 Å². The first-order valence-corrected chi connectivity index (χ1v) is 6.10. The van der Waals surface area contributed by atoms with E-state index >= 15 is 0 Å². The molecular formula is C15H22O2. The van der Waals surface area contributed by atoms with E-state index in [4.69, 9.17) is 4.74 Å². The lowest BCUT2D eigenvalue weighted by Gasteiger charge is -2.11. The lowest BCUT2D eigenvalue weighted by molar-refractivity contribution is 0.0704. The van der Waals surface area contributed by atoms with Gasteiger partial charge in [-0.15, -0.1) is 0 Å². The molecule has 0 fully saturated rings. The van der Waals surface area contributed by atoms with E-state index < -0.39 is 0 Å². The minimum Gasteiger partial charge on any atom is -0.373 e. The molecule has 0 unspecified atom stereocenters. The van der Waals surface area contributed by atoms with Crippen molar-refractivity contribution in [2.75, 3.05) is 13.2 Å². The third-order valence-corrected chi connectivity index (χ3v) is 2.64. The standard InChI is InChI=1S/C15H22O2/c1-10(2)8-17-9-14(16)15-12(4)6-11(3)7-13(15)5/h6-7,10H,8-9H2,1-5H3. The Morgan fingerprint density at radius 2 is 1.71 bits per heavy atom. The van der Waals surface area contributed by atoms with Gasteiger partial charge < -0.3 is 4.74 Å². The van der Waals surface area contributed by atoms with Crippen LogP contribution < -0.4 is 0 Å². The SMILES string of the molecule is Cc1cc(C)c(C(=O)COCC(C)C)c(C)c1. The average molecular weight is 234 g/mol. The lowest BCUT2D eigenvalue weighted by Crippen LogP contribution is -2.14. The first kappa shape index (κ1) is 13.9. The van der Waals surface area contributed by atoms with Crippen molar-refractivity contribution in [1.82, 2.24) is 0 Å². The van der Waals surface area contributed by atoms with Gasteiger partial charge in [-0.2, -0.15) is 0 Å². The normalized spacial score (nSPS) is 10.9. The third kappa shape index (κ3) is 3.97. The van der Waals surface area contributed by atoms with Gasteiger partial charge in [-0.25, -0.2) is 0 Å². The maximum atomic E-state index is 12.1. The van der Waals surface area contributed by atoms with Gasteiger partial charge in [0.15, 0.2) is 5.78 Å². The summed E-state index contributed by atoms with van der Waals surface area (Å²) in [6.45, 7) is 11.0.